The van der Waals surface area contributed by atoms with Gasteiger partial charge in [-0.3, -0.25) is 9.58 Å². The van der Waals surface area contributed by atoms with E-state index in [1.54, 1.807) is 0 Å². The van der Waals surface area contributed by atoms with E-state index in [-0.39, 0.29) is 0 Å². The van der Waals surface area contributed by atoms with E-state index in [4.69, 9.17) is 5.10 Å². The number of hydrogen-bond acceptors (Lipinski definition) is 3. The van der Waals surface area contributed by atoms with Crippen LogP contribution in [0.2, 0.25) is 0 Å². The Bertz CT molecular complexity index is 355. The van der Waals surface area contributed by atoms with Gasteiger partial charge in [0.1, 0.15) is 0 Å². The van der Waals surface area contributed by atoms with Gasteiger partial charge in [-0.25, -0.2) is 0 Å². The van der Waals surface area contributed by atoms with Crippen LogP contribution in [0.25, 0.3) is 0 Å². The Labute approximate surface area is 117 Å². The zero-order chi connectivity index (χ0) is 13.5. The molecule has 1 aliphatic carbocycles. The average Bonchev–Trinajstić information content (AvgIpc) is 3.06. The summed E-state index contributed by atoms with van der Waals surface area (Å²) in [5.41, 5.74) is 1.22. The first-order valence-electron chi connectivity index (χ1n) is 7.74. The predicted octanol–water partition coefficient (Wildman–Crippen LogP) is 2.43. The SMILES string of the molecule is CCCN(CCNC)Cc1ccn(C2CCCC2)n1. The smallest absolute Gasteiger partial charge is 0.0764 e. The van der Waals surface area contributed by atoms with Gasteiger partial charge >= 0.3 is 0 Å². The van der Waals surface area contributed by atoms with E-state index in [9.17, 15) is 0 Å². The molecule has 0 aromatic carbocycles. The van der Waals surface area contributed by atoms with Crippen LogP contribution in [0.3, 0.4) is 0 Å². The lowest BCUT2D eigenvalue weighted by atomic mass is 10.3. The lowest BCUT2D eigenvalue weighted by Crippen LogP contribution is -2.31. The molecule has 0 aliphatic heterocycles. The largest absolute Gasteiger partial charge is 0.318 e. The van der Waals surface area contributed by atoms with E-state index >= 15 is 0 Å². The molecule has 0 amide bonds. The highest BCUT2D eigenvalue weighted by Gasteiger charge is 2.17. The molecule has 0 atom stereocenters. The number of nitrogens with zero attached hydrogens (tertiary/aromatic N) is 3. The molecule has 108 valence electrons. The molecule has 19 heavy (non-hydrogen) atoms. The van der Waals surface area contributed by atoms with Crippen molar-refractivity contribution < 1.29 is 0 Å². The summed E-state index contributed by atoms with van der Waals surface area (Å²) < 4.78 is 2.20. The zero-order valence-electron chi connectivity index (χ0n) is 12.4. The number of nitrogens with one attached hydrogen (secondary N) is 1. The van der Waals surface area contributed by atoms with Crippen LogP contribution in [-0.4, -0.2) is 41.4 Å². The Balaban J connectivity index is 1.89. The van der Waals surface area contributed by atoms with Crippen molar-refractivity contribution in [3.05, 3.63) is 18.0 Å². The standard InChI is InChI=1S/C15H28N4/c1-3-10-18(12-9-16-2)13-14-8-11-19(17-14)15-6-4-5-7-15/h8,11,15-16H,3-7,9-10,12-13H2,1-2H3. The third-order valence-electron chi connectivity index (χ3n) is 3.97. The van der Waals surface area contributed by atoms with Gasteiger partial charge in [0, 0.05) is 25.8 Å². The van der Waals surface area contributed by atoms with Crippen molar-refractivity contribution >= 4 is 0 Å². The molecule has 0 unspecified atom stereocenters. The molecular formula is C15H28N4. The zero-order valence-corrected chi connectivity index (χ0v) is 12.4. The summed E-state index contributed by atoms with van der Waals surface area (Å²) in [6.07, 6.45) is 8.72. The normalized spacial score (nSPS) is 16.6. The summed E-state index contributed by atoms with van der Waals surface area (Å²) in [6, 6.07) is 2.85. The maximum absolute atomic E-state index is 4.78. The highest BCUT2D eigenvalue weighted by Crippen LogP contribution is 2.28. The summed E-state index contributed by atoms with van der Waals surface area (Å²) in [6.45, 7) is 6.51. The second kappa shape index (κ2) is 7.65. The highest BCUT2D eigenvalue weighted by atomic mass is 15.3. The maximum Gasteiger partial charge on any atom is 0.0764 e. The third kappa shape index (κ3) is 4.32. The van der Waals surface area contributed by atoms with Gasteiger partial charge in [-0.15, -0.1) is 0 Å². The van der Waals surface area contributed by atoms with Crippen LogP contribution >= 0.6 is 0 Å². The van der Waals surface area contributed by atoms with E-state index in [2.05, 4.69) is 34.1 Å². The second-order valence-corrected chi connectivity index (χ2v) is 5.61. The summed E-state index contributed by atoms with van der Waals surface area (Å²) in [5.74, 6) is 0. The summed E-state index contributed by atoms with van der Waals surface area (Å²) in [7, 11) is 2.01. The van der Waals surface area contributed by atoms with E-state index in [0.717, 1.165) is 26.2 Å². The molecule has 0 bridgehead atoms. The van der Waals surface area contributed by atoms with Crippen molar-refractivity contribution in [2.45, 2.75) is 51.6 Å². The van der Waals surface area contributed by atoms with Crippen LogP contribution in [0.1, 0.15) is 50.8 Å². The first kappa shape index (κ1) is 14.5. The van der Waals surface area contributed by atoms with Gasteiger partial charge in [0.05, 0.1) is 11.7 Å². The fourth-order valence-corrected chi connectivity index (χ4v) is 2.92. The van der Waals surface area contributed by atoms with Gasteiger partial charge in [0.2, 0.25) is 0 Å². The highest BCUT2D eigenvalue weighted by molar-refractivity contribution is 5.00. The van der Waals surface area contributed by atoms with Crippen molar-refractivity contribution in [2.75, 3.05) is 26.7 Å². The van der Waals surface area contributed by atoms with Gasteiger partial charge in [-0.05, 0) is 38.9 Å². The van der Waals surface area contributed by atoms with Gasteiger partial charge < -0.3 is 5.32 Å². The Kier molecular flexibility index (Phi) is 5.86. The molecule has 0 spiro atoms. The van der Waals surface area contributed by atoms with E-state index < -0.39 is 0 Å². The molecule has 0 radical (unpaired) electrons. The van der Waals surface area contributed by atoms with Crippen molar-refractivity contribution in [1.29, 1.82) is 0 Å². The minimum Gasteiger partial charge on any atom is -0.318 e. The number of rotatable bonds is 8. The lowest BCUT2D eigenvalue weighted by molar-refractivity contribution is 0.263. The lowest BCUT2D eigenvalue weighted by Gasteiger charge is -2.20. The maximum atomic E-state index is 4.78. The molecule has 4 heteroatoms. The Morgan fingerprint density at radius 1 is 1.37 bits per heavy atom. The molecule has 1 aromatic rings. The number of hydrogen-bond donors (Lipinski definition) is 1. The predicted molar refractivity (Wildman–Crippen MR) is 79.2 cm³/mol. The minimum absolute atomic E-state index is 0.658. The summed E-state index contributed by atoms with van der Waals surface area (Å²) >= 11 is 0. The molecule has 1 N–H and O–H groups in total. The number of likely N-dealkylation sites (N-methyl/N-ethyl adjacent to an activating group) is 1. The first-order valence-corrected chi connectivity index (χ1v) is 7.74. The molecular weight excluding hydrogens is 236 g/mol. The quantitative estimate of drug-likeness (QED) is 0.783. The fourth-order valence-electron chi connectivity index (χ4n) is 2.92. The molecule has 1 aromatic heterocycles. The van der Waals surface area contributed by atoms with Crippen LogP contribution in [0.5, 0.6) is 0 Å². The molecule has 1 heterocycles. The van der Waals surface area contributed by atoms with Gasteiger partial charge in [0.25, 0.3) is 0 Å². The van der Waals surface area contributed by atoms with E-state index in [1.807, 2.05) is 7.05 Å². The van der Waals surface area contributed by atoms with Gasteiger partial charge in [-0.1, -0.05) is 19.8 Å². The Hall–Kier alpha value is -0.870. The van der Waals surface area contributed by atoms with Crippen molar-refractivity contribution in [3.8, 4) is 0 Å². The van der Waals surface area contributed by atoms with Crippen LogP contribution in [0.4, 0.5) is 0 Å². The van der Waals surface area contributed by atoms with Crippen molar-refractivity contribution in [1.82, 2.24) is 20.0 Å². The molecule has 2 rings (SSSR count). The topological polar surface area (TPSA) is 33.1 Å². The Morgan fingerprint density at radius 3 is 2.84 bits per heavy atom. The third-order valence-corrected chi connectivity index (χ3v) is 3.97. The molecule has 1 saturated carbocycles. The van der Waals surface area contributed by atoms with Crippen LogP contribution in [0.15, 0.2) is 12.3 Å². The molecule has 4 nitrogen and oxygen atoms in total. The summed E-state index contributed by atoms with van der Waals surface area (Å²) in [5, 5.41) is 8.00. The van der Waals surface area contributed by atoms with Gasteiger partial charge in [0.15, 0.2) is 0 Å². The Morgan fingerprint density at radius 2 is 2.16 bits per heavy atom. The summed E-state index contributed by atoms with van der Waals surface area (Å²) in [4.78, 5) is 2.48. The van der Waals surface area contributed by atoms with Crippen LogP contribution < -0.4 is 5.32 Å². The van der Waals surface area contributed by atoms with Crippen LogP contribution in [-0.2, 0) is 6.54 Å². The second-order valence-electron chi connectivity index (χ2n) is 5.61. The van der Waals surface area contributed by atoms with E-state index in [0.29, 0.717) is 6.04 Å². The van der Waals surface area contributed by atoms with E-state index in [1.165, 1.54) is 37.8 Å². The van der Waals surface area contributed by atoms with Crippen LogP contribution in [0, 0.1) is 0 Å². The fraction of sp³-hybridized carbons (Fsp3) is 0.800. The molecule has 1 fully saturated rings. The van der Waals surface area contributed by atoms with Crippen molar-refractivity contribution in [3.63, 3.8) is 0 Å². The molecule has 1 aliphatic rings. The minimum atomic E-state index is 0.658. The van der Waals surface area contributed by atoms with Gasteiger partial charge in [-0.2, -0.15) is 5.10 Å². The molecule has 0 saturated heterocycles. The number of aromatic nitrogens is 2. The monoisotopic (exact) mass is 264 g/mol. The average molecular weight is 264 g/mol. The first-order chi connectivity index (χ1) is 9.33. The van der Waals surface area contributed by atoms with Crippen molar-refractivity contribution in [2.24, 2.45) is 0 Å².